The molecule has 0 bridgehead atoms. The first kappa shape index (κ1) is 17.9. The van der Waals surface area contributed by atoms with E-state index < -0.39 is 5.97 Å². The molecule has 2 aromatic rings. The minimum atomic E-state index is -0.479. The van der Waals surface area contributed by atoms with E-state index in [9.17, 15) is 14.4 Å². The summed E-state index contributed by atoms with van der Waals surface area (Å²) in [6.07, 6.45) is 0.0901. The molecule has 2 rings (SSSR count). The van der Waals surface area contributed by atoms with E-state index in [-0.39, 0.29) is 24.5 Å². The third kappa shape index (κ3) is 5.62. The van der Waals surface area contributed by atoms with Gasteiger partial charge in [0.25, 0.3) is 0 Å². The van der Waals surface area contributed by atoms with Gasteiger partial charge < -0.3 is 10.1 Å². The third-order valence-corrected chi connectivity index (χ3v) is 3.66. The summed E-state index contributed by atoms with van der Waals surface area (Å²) in [5.74, 6) is -0.399. The Kier molecular flexibility index (Phi) is 6.26. The van der Waals surface area contributed by atoms with Gasteiger partial charge in [0.2, 0.25) is 5.91 Å². The zero-order valence-electron chi connectivity index (χ0n) is 13.0. The maximum absolute atomic E-state index is 12.0. The van der Waals surface area contributed by atoms with Crippen LogP contribution in [0, 0.1) is 0 Å². The summed E-state index contributed by atoms with van der Waals surface area (Å²) < 4.78 is 6.06. The standard InChI is InChI=1S/C18H16BrNO4/c1-12(21)20-15-6-8-16(9-7-15)24-18(23)11-10-17(22)13-2-4-14(19)5-3-13/h2-9H,10-11H2,1H3,(H,20,21). The lowest BCUT2D eigenvalue weighted by atomic mass is 10.1. The third-order valence-electron chi connectivity index (χ3n) is 3.13. The van der Waals surface area contributed by atoms with E-state index in [1.165, 1.54) is 6.92 Å². The highest BCUT2D eigenvalue weighted by atomic mass is 79.9. The number of ketones is 1. The van der Waals surface area contributed by atoms with Crippen LogP contribution in [-0.4, -0.2) is 17.7 Å². The average molecular weight is 390 g/mol. The molecule has 0 spiro atoms. The first-order valence-corrected chi connectivity index (χ1v) is 8.10. The maximum Gasteiger partial charge on any atom is 0.311 e. The van der Waals surface area contributed by atoms with Crippen molar-refractivity contribution in [2.45, 2.75) is 19.8 Å². The van der Waals surface area contributed by atoms with Crippen LogP contribution in [0.4, 0.5) is 5.69 Å². The van der Waals surface area contributed by atoms with E-state index in [0.717, 1.165) is 4.47 Å². The molecule has 0 unspecified atom stereocenters. The number of amides is 1. The Morgan fingerprint density at radius 2 is 1.58 bits per heavy atom. The number of carbonyl (C=O) groups excluding carboxylic acids is 3. The fraction of sp³-hybridized carbons (Fsp3) is 0.167. The highest BCUT2D eigenvalue weighted by Gasteiger charge is 2.11. The van der Waals surface area contributed by atoms with Crippen LogP contribution in [0.1, 0.15) is 30.1 Å². The van der Waals surface area contributed by atoms with Crippen molar-refractivity contribution in [3.8, 4) is 5.75 Å². The summed E-state index contributed by atoms with van der Waals surface area (Å²) in [7, 11) is 0. The molecule has 0 saturated carbocycles. The molecule has 1 amide bonds. The normalized spacial score (nSPS) is 10.1. The quantitative estimate of drug-likeness (QED) is 0.460. The van der Waals surface area contributed by atoms with Gasteiger partial charge in [-0.1, -0.05) is 28.1 Å². The van der Waals surface area contributed by atoms with Crippen LogP contribution in [0.3, 0.4) is 0 Å². The molecule has 0 heterocycles. The number of hydrogen-bond acceptors (Lipinski definition) is 4. The fourth-order valence-electron chi connectivity index (χ4n) is 1.99. The Balaban J connectivity index is 1.83. The summed E-state index contributed by atoms with van der Waals surface area (Å²) in [5, 5.41) is 2.62. The highest BCUT2D eigenvalue weighted by Crippen LogP contribution is 2.17. The Morgan fingerprint density at radius 3 is 2.17 bits per heavy atom. The average Bonchev–Trinajstić information content (AvgIpc) is 2.54. The Labute approximate surface area is 148 Å². The molecular formula is C18H16BrNO4. The zero-order chi connectivity index (χ0) is 17.5. The van der Waals surface area contributed by atoms with Gasteiger partial charge in [0.05, 0.1) is 6.42 Å². The van der Waals surface area contributed by atoms with Crippen molar-refractivity contribution in [2.75, 3.05) is 5.32 Å². The van der Waals surface area contributed by atoms with Gasteiger partial charge in [0.15, 0.2) is 5.78 Å². The molecule has 5 nitrogen and oxygen atoms in total. The smallest absolute Gasteiger partial charge is 0.311 e. The molecule has 6 heteroatoms. The van der Waals surface area contributed by atoms with E-state index in [2.05, 4.69) is 21.2 Å². The number of rotatable bonds is 6. The Bertz CT molecular complexity index is 739. The molecule has 0 radical (unpaired) electrons. The monoisotopic (exact) mass is 389 g/mol. The number of hydrogen-bond donors (Lipinski definition) is 1. The summed E-state index contributed by atoms with van der Waals surface area (Å²) in [6, 6.07) is 13.4. The largest absolute Gasteiger partial charge is 0.427 e. The van der Waals surface area contributed by atoms with Gasteiger partial charge >= 0.3 is 5.97 Å². The van der Waals surface area contributed by atoms with E-state index >= 15 is 0 Å². The lowest BCUT2D eigenvalue weighted by Crippen LogP contribution is -2.11. The van der Waals surface area contributed by atoms with E-state index in [1.807, 2.05) is 0 Å². The molecule has 0 saturated heterocycles. The van der Waals surface area contributed by atoms with E-state index in [1.54, 1.807) is 48.5 Å². The second-order valence-corrected chi connectivity index (χ2v) is 6.03. The van der Waals surface area contributed by atoms with Crippen molar-refractivity contribution >= 4 is 39.3 Å². The Morgan fingerprint density at radius 1 is 0.958 bits per heavy atom. The number of benzene rings is 2. The number of ether oxygens (including phenoxy) is 1. The summed E-state index contributed by atoms with van der Waals surface area (Å²) in [4.78, 5) is 34.7. The van der Waals surface area contributed by atoms with Gasteiger partial charge in [0, 0.05) is 29.1 Å². The van der Waals surface area contributed by atoms with Gasteiger partial charge in [-0.05, 0) is 36.4 Å². The summed E-state index contributed by atoms with van der Waals surface area (Å²) in [5.41, 5.74) is 1.18. The van der Waals surface area contributed by atoms with Crippen molar-refractivity contribution < 1.29 is 19.1 Å². The molecule has 0 aliphatic heterocycles. The van der Waals surface area contributed by atoms with E-state index in [0.29, 0.717) is 17.0 Å². The van der Waals surface area contributed by atoms with Gasteiger partial charge in [-0.3, -0.25) is 14.4 Å². The van der Waals surface area contributed by atoms with Crippen LogP contribution >= 0.6 is 15.9 Å². The lowest BCUT2D eigenvalue weighted by Gasteiger charge is -2.06. The summed E-state index contributed by atoms with van der Waals surface area (Å²) in [6.45, 7) is 1.41. The minimum Gasteiger partial charge on any atom is -0.427 e. The second kappa shape index (κ2) is 8.40. The van der Waals surface area contributed by atoms with Crippen molar-refractivity contribution in [1.29, 1.82) is 0 Å². The topological polar surface area (TPSA) is 72.5 Å². The SMILES string of the molecule is CC(=O)Nc1ccc(OC(=O)CCC(=O)c2ccc(Br)cc2)cc1. The molecule has 0 aromatic heterocycles. The molecule has 1 N–H and O–H groups in total. The van der Waals surface area contributed by atoms with Crippen LogP contribution in [0.25, 0.3) is 0 Å². The first-order valence-electron chi connectivity index (χ1n) is 7.31. The van der Waals surface area contributed by atoms with E-state index in [4.69, 9.17) is 4.74 Å². The first-order chi connectivity index (χ1) is 11.4. The Hall–Kier alpha value is -2.47. The number of anilines is 1. The molecule has 2 aromatic carbocycles. The van der Waals surface area contributed by atoms with Crippen molar-refractivity contribution in [1.82, 2.24) is 0 Å². The number of carbonyl (C=O) groups is 3. The predicted octanol–water partition coefficient (Wildman–Crippen LogP) is 3.98. The maximum atomic E-state index is 12.0. The van der Waals surface area contributed by atoms with Gasteiger partial charge in [0.1, 0.15) is 5.75 Å². The molecule has 124 valence electrons. The van der Waals surface area contributed by atoms with Crippen molar-refractivity contribution in [3.05, 3.63) is 58.6 Å². The van der Waals surface area contributed by atoms with Crippen LogP contribution in [0.15, 0.2) is 53.0 Å². The molecule has 0 aliphatic rings. The lowest BCUT2D eigenvalue weighted by molar-refractivity contribution is -0.134. The van der Waals surface area contributed by atoms with Gasteiger partial charge in [-0.25, -0.2) is 0 Å². The molecule has 0 fully saturated rings. The minimum absolute atomic E-state index is 0.00233. The number of nitrogens with one attached hydrogen (secondary N) is 1. The number of halogens is 1. The molecule has 24 heavy (non-hydrogen) atoms. The van der Waals surface area contributed by atoms with Crippen LogP contribution < -0.4 is 10.1 Å². The second-order valence-electron chi connectivity index (χ2n) is 5.11. The van der Waals surface area contributed by atoms with Gasteiger partial charge in [-0.2, -0.15) is 0 Å². The van der Waals surface area contributed by atoms with Crippen molar-refractivity contribution in [2.24, 2.45) is 0 Å². The van der Waals surface area contributed by atoms with Crippen LogP contribution in [0.5, 0.6) is 5.75 Å². The fourth-order valence-corrected chi connectivity index (χ4v) is 2.25. The summed E-state index contributed by atoms with van der Waals surface area (Å²) >= 11 is 3.30. The number of Topliss-reactive ketones (excluding diaryl/α,β-unsaturated/α-hetero) is 1. The predicted molar refractivity (Wildman–Crippen MR) is 94.1 cm³/mol. The highest BCUT2D eigenvalue weighted by molar-refractivity contribution is 9.10. The van der Waals surface area contributed by atoms with Crippen molar-refractivity contribution in [3.63, 3.8) is 0 Å². The molecule has 0 aliphatic carbocycles. The van der Waals surface area contributed by atoms with Crippen LogP contribution in [0.2, 0.25) is 0 Å². The molecular weight excluding hydrogens is 374 g/mol. The zero-order valence-corrected chi connectivity index (χ0v) is 14.6. The number of esters is 1. The molecule has 0 atom stereocenters. The van der Waals surface area contributed by atoms with Gasteiger partial charge in [-0.15, -0.1) is 0 Å². The van der Waals surface area contributed by atoms with Crippen LogP contribution in [-0.2, 0) is 9.59 Å².